The lowest BCUT2D eigenvalue weighted by Gasteiger charge is -2.18. The van der Waals surface area contributed by atoms with Gasteiger partial charge in [0, 0.05) is 0 Å². The number of allylic oxidation sites excluding steroid dienone is 1. The maximum atomic E-state index is 12.5. The van der Waals surface area contributed by atoms with Crippen molar-refractivity contribution in [2.24, 2.45) is 0 Å². The fourth-order valence-corrected chi connectivity index (χ4v) is 3.70. The second kappa shape index (κ2) is 14.0. The molecule has 0 bridgehead atoms. The molecule has 37 heavy (non-hydrogen) atoms. The molecule has 0 aromatic heterocycles. The van der Waals surface area contributed by atoms with Crippen LogP contribution in [0.1, 0.15) is 23.6 Å². The molecule has 0 aliphatic heterocycles. The Labute approximate surface area is 216 Å². The van der Waals surface area contributed by atoms with Gasteiger partial charge in [-0.3, -0.25) is 4.79 Å². The zero-order valence-electron chi connectivity index (χ0n) is 20.8. The first-order valence-corrected chi connectivity index (χ1v) is 12.0. The number of rotatable bonds is 13. The number of carbonyl (C=O) groups excluding carboxylic acids is 1. The maximum Gasteiger partial charge on any atom is 0.243 e. The highest BCUT2D eigenvalue weighted by atomic mass is 19.1. The van der Waals surface area contributed by atoms with Gasteiger partial charge in [0.1, 0.15) is 37.5 Å². The third-order valence-electron chi connectivity index (χ3n) is 5.69. The minimum atomic E-state index is -1.15. The van der Waals surface area contributed by atoms with Crippen LogP contribution in [0.5, 0.6) is 11.5 Å². The lowest BCUT2D eigenvalue weighted by Crippen LogP contribution is -2.40. The van der Waals surface area contributed by atoms with E-state index in [1.54, 1.807) is 12.1 Å². The predicted molar refractivity (Wildman–Crippen MR) is 143 cm³/mol. The van der Waals surface area contributed by atoms with E-state index in [0.29, 0.717) is 11.5 Å². The highest BCUT2D eigenvalue weighted by Gasteiger charge is 2.14. The summed E-state index contributed by atoms with van der Waals surface area (Å²) in [5.74, 6) is 0.764. The van der Waals surface area contributed by atoms with Gasteiger partial charge >= 0.3 is 0 Å². The van der Waals surface area contributed by atoms with Crippen LogP contribution in [-0.2, 0) is 4.79 Å². The number of ether oxygens (including phenoxy) is 2. The summed E-state index contributed by atoms with van der Waals surface area (Å²) in [5.41, 5.74) is 5.09. The molecule has 2 unspecified atom stereocenters. The van der Waals surface area contributed by atoms with Gasteiger partial charge in [0.25, 0.3) is 0 Å². The molecule has 0 aliphatic rings. The molecule has 0 radical (unpaired) electrons. The molecule has 3 N–H and O–H groups in total. The van der Waals surface area contributed by atoms with Crippen molar-refractivity contribution in [2.75, 3.05) is 26.5 Å². The van der Waals surface area contributed by atoms with Crippen molar-refractivity contribution in [3.05, 3.63) is 108 Å². The number of carbonyl (C=O) groups is 1. The van der Waals surface area contributed by atoms with Crippen LogP contribution in [0.25, 0.3) is 11.1 Å². The van der Waals surface area contributed by atoms with E-state index in [-0.39, 0.29) is 25.7 Å². The Morgan fingerprint density at radius 2 is 1.46 bits per heavy atom. The first-order valence-electron chi connectivity index (χ1n) is 12.0. The van der Waals surface area contributed by atoms with Crippen LogP contribution in [0.4, 0.5) is 4.39 Å². The summed E-state index contributed by atoms with van der Waals surface area (Å²) in [5, 5.41) is 21.5. The molecule has 0 fully saturated rings. The van der Waals surface area contributed by atoms with Gasteiger partial charge in [-0.2, -0.15) is 0 Å². The van der Waals surface area contributed by atoms with Gasteiger partial charge in [0.05, 0.1) is 12.6 Å². The monoisotopic (exact) mass is 505 g/mol. The van der Waals surface area contributed by atoms with Gasteiger partial charge in [0.2, 0.25) is 5.91 Å². The van der Waals surface area contributed by atoms with Crippen LogP contribution in [0.3, 0.4) is 0 Å². The van der Waals surface area contributed by atoms with Crippen molar-refractivity contribution in [3.63, 3.8) is 0 Å². The number of nitrogens with one attached hydrogen (secondary N) is 1. The van der Waals surface area contributed by atoms with Crippen LogP contribution >= 0.6 is 0 Å². The minimum Gasteiger partial charge on any atom is -0.491 e. The molecule has 0 saturated heterocycles. The van der Waals surface area contributed by atoms with Crippen molar-refractivity contribution >= 4 is 17.1 Å². The zero-order chi connectivity index (χ0) is 26.6. The minimum absolute atomic E-state index is 0.111. The van der Waals surface area contributed by atoms with Crippen molar-refractivity contribution in [1.29, 1.82) is 0 Å². The van der Waals surface area contributed by atoms with Crippen molar-refractivity contribution < 1.29 is 28.9 Å². The number of hydrogen-bond acceptors (Lipinski definition) is 5. The first-order chi connectivity index (χ1) is 17.9. The fraction of sp³-hybridized carbons (Fsp3) is 0.233. The Balaban J connectivity index is 1.85. The number of aliphatic hydroxyl groups excluding tert-OH is 2. The molecule has 0 saturated carbocycles. The smallest absolute Gasteiger partial charge is 0.243 e. The number of hydrogen-bond donors (Lipinski definition) is 3. The Hall–Kier alpha value is -3.94. The molecule has 3 aromatic rings. The third-order valence-corrected chi connectivity index (χ3v) is 5.69. The van der Waals surface area contributed by atoms with Gasteiger partial charge in [-0.15, -0.1) is 0 Å². The Bertz CT molecular complexity index is 1180. The first kappa shape index (κ1) is 27.6. The summed E-state index contributed by atoms with van der Waals surface area (Å²) < 4.78 is 23.8. The Kier molecular flexibility index (Phi) is 10.4. The summed E-state index contributed by atoms with van der Waals surface area (Å²) >= 11 is 0. The van der Waals surface area contributed by atoms with E-state index < -0.39 is 18.8 Å². The van der Waals surface area contributed by atoms with Crippen LogP contribution in [0.15, 0.2) is 91.5 Å². The molecular weight excluding hydrogens is 473 g/mol. The van der Waals surface area contributed by atoms with E-state index in [9.17, 15) is 19.4 Å². The Morgan fingerprint density at radius 3 is 1.95 bits per heavy atom. The fourth-order valence-electron chi connectivity index (χ4n) is 3.70. The lowest BCUT2D eigenvalue weighted by atomic mass is 9.90. The molecular formula is C30H32FNO5. The number of halogens is 1. The van der Waals surface area contributed by atoms with Crippen molar-refractivity contribution in [2.45, 2.75) is 19.1 Å². The number of amides is 1. The van der Waals surface area contributed by atoms with E-state index in [2.05, 4.69) is 31.0 Å². The van der Waals surface area contributed by atoms with E-state index >= 15 is 0 Å². The number of aliphatic hydroxyl groups is 2. The number of benzene rings is 3. The third kappa shape index (κ3) is 8.03. The lowest BCUT2D eigenvalue weighted by molar-refractivity contribution is -0.117. The van der Waals surface area contributed by atoms with Gasteiger partial charge < -0.3 is 25.0 Å². The molecule has 0 aliphatic carbocycles. The van der Waals surface area contributed by atoms with E-state index in [0.717, 1.165) is 33.9 Å². The van der Waals surface area contributed by atoms with Crippen LogP contribution in [0.2, 0.25) is 0 Å². The van der Waals surface area contributed by atoms with Crippen molar-refractivity contribution in [1.82, 2.24) is 5.32 Å². The quantitative estimate of drug-likeness (QED) is 0.237. The standard InChI is InChI=1S/C30H32FNO5/c1-3-29(35)32-25(18-33)19-36-27-13-9-23(10-14-27)30(21(2)22-7-5-4-6-8-22)24-11-15-28(16-12-24)37-20-26(34)17-31/h3-16,25-26,33-34H,1,17-20H2,2H3,(H,32,35)/b30-21-. The zero-order valence-corrected chi connectivity index (χ0v) is 20.8. The van der Waals surface area contributed by atoms with Crippen molar-refractivity contribution in [3.8, 4) is 11.5 Å². The molecule has 3 aromatic carbocycles. The van der Waals surface area contributed by atoms with E-state index in [1.807, 2.05) is 54.6 Å². The molecule has 194 valence electrons. The summed E-state index contributed by atoms with van der Waals surface area (Å²) in [4.78, 5) is 11.5. The second-order valence-corrected chi connectivity index (χ2v) is 8.44. The average molecular weight is 506 g/mol. The van der Waals surface area contributed by atoms with Gasteiger partial charge in [-0.05, 0) is 65.1 Å². The largest absolute Gasteiger partial charge is 0.491 e. The summed E-state index contributed by atoms with van der Waals surface area (Å²) in [6.45, 7) is 4.35. The van der Waals surface area contributed by atoms with Gasteiger partial charge in [-0.1, -0.05) is 61.2 Å². The molecule has 7 heteroatoms. The van der Waals surface area contributed by atoms with Crippen LogP contribution < -0.4 is 14.8 Å². The molecule has 1 amide bonds. The summed E-state index contributed by atoms with van der Waals surface area (Å²) in [7, 11) is 0. The topological polar surface area (TPSA) is 88.0 Å². The summed E-state index contributed by atoms with van der Waals surface area (Å²) in [6.07, 6.45) is -0.00551. The summed E-state index contributed by atoms with van der Waals surface area (Å²) in [6, 6.07) is 24.5. The van der Waals surface area contributed by atoms with E-state index in [4.69, 9.17) is 9.47 Å². The molecule has 0 spiro atoms. The maximum absolute atomic E-state index is 12.5. The Morgan fingerprint density at radius 1 is 0.919 bits per heavy atom. The SMILES string of the molecule is C=CC(=O)NC(CO)COc1ccc(/C(=C(\C)c2ccccc2)c2ccc(OCC(O)CF)cc2)cc1. The highest BCUT2D eigenvalue weighted by molar-refractivity contribution is 5.98. The molecule has 3 rings (SSSR count). The normalized spacial score (nSPS) is 13.2. The van der Waals surface area contributed by atoms with Crippen LogP contribution in [0, 0.1) is 0 Å². The van der Waals surface area contributed by atoms with Gasteiger partial charge in [-0.25, -0.2) is 4.39 Å². The van der Waals surface area contributed by atoms with E-state index in [1.165, 1.54) is 0 Å². The second-order valence-electron chi connectivity index (χ2n) is 8.44. The van der Waals surface area contributed by atoms with Crippen LogP contribution in [-0.4, -0.2) is 54.8 Å². The highest BCUT2D eigenvalue weighted by Crippen LogP contribution is 2.33. The van der Waals surface area contributed by atoms with Gasteiger partial charge in [0.15, 0.2) is 0 Å². The molecule has 0 heterocycles. The molecule has 6 nitrogen and oxygen atoms in total. The average Bonchev–Trinajstić information content (AvgIpc) is 2.95. The number of alkyl halides is 1. The molecule has 2 atom stereocenters. The predicted octanol–water partition coefficient (Wildman–Crippen LogP) is 4.42.